The standard InChI is InChI=1S/C13H28N2/c1-5-12-9-8-11(4)15(12)13(6-2)10-14-7-3/h11-14H,5-10H2,1-4H3. The highest BCUT2D eigenvalue weighted by Gasteiger charge is 2.33. The molecule has 90 valence electrons. The molecular formula is C13H28N2. The van der Waals surface area contributed by atoms with Crippen molar-refractivity contribution in [3.63, 3.8) is 0 Å². The summed E-state index contributed by atoms with van der Waals surface area (Å²) in [5.41, 5.74) is 0. The molecule has 2 heteroatoms. The summed E-state index contributed by atoms with van der Waals surface area (Å²) in [6.45, 7) is 11.5. The van der Waals surface area contributed by atoms with E-state index in [4.69, 9.17) is 0 Å². The first-order chi connectivity index (χ1) is 7.24. The lowest BCUT2D eigenvalue weighted by molar-refractivity contribution is 0.127. The van der Waals surface area contributed by atoms with Crippen LogP contribution in [0.15, 0.2) is 0 Å². The lowest BCUT2D eigenvalue weighted by atomic mass is 10.1. The quantitative estimate of drug-likeness (QED) is 0.728. The zero-order chi connectivity index (χ0) is 11.3. The summed E-state index contributed by atoms with van der Waals surface area (Å²) in [4.78, 5) is 2.77. The van der Waals surface area contributed by atoms with E-state index in [-0.39, 0.29) is 0 Å². The van der Waals surface area contributed by atoms with Crippen molar-refractivity contribution >= 4 is 0 Å². The Bertz CT molecular complexity index is 170. The van der Waals surface area contributed by atoms with E-state index in [0.29, 0.717) is 0 Å². The first-order valence-corrected chi connectivity index (χ1v) is 6.72. The van der Waals surface area contributed by atoms with Gasteiger partial charge in [0.15, 0.2) is 0 Å². The predicted octanol–water partition coefficient (Wildman–Crippen LogP) is 2.64. The van der Waals surface area contributed by atoms with Gasteiger partial charge in [-0.15, -0.1) is 0 Å². The molecule has 3 atom stereocenters. The van der Waals surface area contributed by atoms with Gasteiger partial charge < -0.3 is 5.32 Å². The van der Waals surface area contributed by atoms with Crippen LogP contribution in [0.5, 0.6) is 0 Å². The van der Waals surface area contributed by atoms with E-state index in [0.717, 1.165) is 31.2 Å². The van der Waals surface area contributed by atoms with Crippen LogP contribution in [-0.4, -0.2) is 36.1 Å². The Morgan fingerprint density at radius 1 is 1.27 bits per heavy atom. The molecule has 0 amide bonds. The number of hydrogen-bond donors (Lipinski definition) is 1. The van der Waals surface area contributed by atoms with E-state index in [9.17, 15) is 0 Å². The molecule has 1 saturated heterocycles. The fourth-order valence-corrected chi connectivity index (χ4v) is 2.94. The Kier molecular flexibility index (Phi) is 5.62. The van der Waals surface area contributed by atoms with E-state index >= 15 is 0 Å². The van der Waals surface area contributed by atoms with Gasteiger partial charge in [0.1, 0.15) is 0 Å². The maximum Gasteiger partial charge on any atom is 0.0223 e. The molecule has 0 saturated carbocycles. The molecule has 0 aromatic rings. The summed E-state index contributed by atoms with van der Waals surface area (Å²) in [5, 5.41) is 3.50. The van der Waals surface area contributed by atoms with Crippen molar-refractivity contribution in [2.24, 2.45) is 0 Å². The van der Waals surface area contributed by atoms with Gasteiger partial charge >= 0.3 is 0 Å². The molecule has 1 aliphatic rings. The molecule has 2 nitrogen and oxygen atoms in total. The maximum absolute atomic E-state index is 3.50. The first-order valence-electron chi connectivity index (χ1n) is 6.72. The zero-order valence-corrected chi connectivity index (χ0v) is 10.9. The Labute approximate surface area is 95.4 Å². The Balaban J connectivity index is 2.55. The van der Waals surface area contributed by atoms with E-state index < -0.39 is 0 Å². The van der Waals surface area contributed by atoms with Crippen LogP contribution in [0.3, 0.4) is 0 Å². The highest BCUT2D eigenvalue weighted by molar-refractivity contribution is 4.89. The number of nitrogens with zero attached hydrogens (tertiary/aromatic N) is 1. The largest absolute Gasteiger partial charge is 0.315 e. The zero-order valence-electron chi connectivity index (χ0n) is 10.9. The second-order valence-electron chi connectivity index (χ2n) is 4.81. The highest BCUT2D eigenvalue weighted by Crippen LogP contribution is 2.28. The smallest absolute Gasteiger partial charge is 0.0223 e. The van der Waals surface area contributed by atoms with Crippen molar-refractivity contribution in [2.75, 3.05) is 13.1 Å². The van der Waals surface area contributed by atoms with Gasteiger partial charge in [0.2, 0.25) is 0 Å². The number of likely N-dealkylation sites (N-methyl/N-ethyl adjacent to an activating group) is 1. The third-order valence-electron chi connectivity index (χ3n) is 3.84. The Morgan fingerprint density at radius 2 is 2.00 bits per heavy atom. The van der Waals surface area contributed by atoms with Crippen LogP contribution < -0.4 is 5.32 Å². The SMILES string of the molecule is CCNCC(CC)N1C(C)CCC1CC. The van der Waals surface area contributed by atoms with Crippen LogP contribution in [0.2, 0.25) is 0 Å². The third-order valence-corrected chi connectivity index (χ3v) is 3.84. The average Bonchev–Trinajstić information content (AvgIpc) is 2.62. The van der Waals surface area contributed by atoms with Gasteiger partial charge in [0.05, 0.1) is 0 Å². The van der Waals surface area contributed by atoms with Crippen LogP contribution >= 0.6 is 0 Å². The van der Waals surface area contributed by atoms with Crippen molar-refractivity contribution in [2.45, 2.75) is 71.5 Å². The molecule has 1 N–H and O–H groups in total. The van der Waals surface area contributed by atoms with Crippen molar-refractivity contribution in [3.05, 3.63) is 0 Å². The molecule has 1 fully saturated rings. The average molecular weight is 212 g/mol. The van der Waals surface area contributed by atoms with Gasteiger partial charge in [0, 0.05) is 24.7 Å². The second-order valence-corrected chi connectivity index (χ2v) is 4.81. The van der Waals surface area contributed by atoms with Crippen molar-refractivity contribution in [1.82, 2.24) is 10.2 Å². The molecule has 0 aliphatic carbocycles. The minimum absolute atomic E-state index is 0.743. The lowest BCUT2D eigenvalue weighted by Gasteiger charge is -2.35. The summed E-state index contributed by atoms with van der Waals surface area (Å²) >= 11 is 0. The van der Waals surface area contributed by atoms with E-state index in [1.54, 1.807) is 0 Å². The van der Waals surface area contributed by atoms with Crippen molar-refractivity contribution in [3.8, 4) is 0 Å². The molecule has 0 bridgehead atoms. The molecule has 1 aliphatic heterocycles. The molecule has 0 aromatic heterocycles. The molecular weight excluding hydrogens is 184 g/mol. The summed E-state index contributed by atoms with van der Waals surface area (Å²) in [6, 6.07) is 2.37. The number of likely N-dealkylation sites (tertiary alicyclic amines) is 1. The summed E-state index contributed by atoms with van der Waals surface area (Å²) in [6.07, 6.45) is 5.38. The molecule has 0 radical (unpaired) electrons. The van der Waals surface area contributed by atoms with Gasteiger partial charge in [-0.25, -0.2) is 0 Å². The van der Waals surface area contributed by atoms with Crippen LogP contribution in [-0.2, 0) is 0 Å². The van der Waals surface area contributed by atoms with Crippen molar-refractivity contribution in [1.29, 1.82) is 0 Å². The molecule has 0 aromatic carbocycles. The lowest BCUT2D eigenvalue weighted by Crippen LogP contribution is -2.47. The number of nitrogens with one attached hydrogen (secondary N) is 1. The van der Waals surface area contributed by atoms with E-state index in [1.165, 1.54) is 25.7 Å². The van der Waals surface area contributed by atoms with Gasteiger partial charge in [-0.3, -0.25) is 4.90 Å². The van der Waals surface area contributed by atoms with Crippen LogP contribution in [0.25, 0.3) is 0 Å². The fraction of sp³-hybridized carbons (Fsp3) is 1.00. The maximum atomic E-state index is 3.50. The normalized spacial score (nSPS) is 29.6. The molecule has 3 unspecified atom stereocenters. The number of rotatable bonds is 6. The minimum Gasteiger partial charge on any atom is -0.315 e. The second kappa shape index (κ2) is 6.49. The molecule has 1 rings (SSSR count). The van der Waals surface area contributed by atoms with Crippen LogP contribution in [0.1, 0.15) is 53.4 Å². The minimum atomic E-state index is 0.743. The van der Waals surface area contributed by atoms with Gasteiger partial charge in [-0.1, -0.05) is 20.8 Å². The summed E-state index contributed by atoms with van der Waals surface area (Å²) in [7, 11) is 0. The number of hydrogen-bond acceptors (Lipinski definition) is 2. The Hall–Kier alpha value is -0.0800. The van der Waals surface area contributed by atoms with Gasteiger partial charge in [-0.2, -0.15) is 0 Å². The van der Waals surface area contributed by atoms with Gasteiger partial charge in [0.25, 0.3) is 0 Å². The summed E-state index contributed by atoms with van der Waals surface area (Å²) < 4.78 is 0. The van der Waals surface area contributed by atoms with Crippen LogP contribution in [0, 0.1) is 0 Å². The molecule has 1 heterocycles. The Morgan fingerprint density at radius 3 is 2.53 bits per heavy atom. The van der Waals surface area contributed by atoms with E-state index in [2.05, 4.69) is 37.9 Å². The fourth-order valence-electron chi connectivity index (χ4n) is 2.94. The molecule has 0 spiro atoms. The summed E-state index contributed by atoms with van der Waals surface area (Å²) in [5.74, 6) is 0. The third kappa shape index (κ3) is 3.18. The first kappa shape index (κ1) is 13.0. The molecule has 15 heavy (non-hydrogen) atoms. The predicted molar refractivity (Wildman–Crippen MR) is 67.2 cm³/mol. The van der Waals surface area contributed by atoms with Gasteiger partial charge in [-0.05, 0) is 39.2 Å². The van der Waals surface area contributed by atoms with E-state index in [1.807, 2.05) is 0 Å². The van der Waals surface area contributed by atoms with Crippen molar-refractivity contribution < 1.29 is 0 Å². The van der Waals surface area contributed by atoms with Crippen LogP contribution in [0.4, 0.5) is 0 Å². The topological polar surface area (TPSA) is 15.3 Å². The monoisotopic (exact) mass is 212 g/mol. The highest BCUT2D eigenvalue weighted by atomic mass is 15.2.